The highest BCUT2D eigenvalue weighted by atomic mass is 32.2. The summed E-state index contributed by atoms with van der Waals surface area (Å²) in [6, 6.07) is 9.99. The van der Waals surface area contributed by atoms with E-state index in [-0.39, 0.29) is 10.8 Å². The van der Waals surface area contributed by atoms with Gasteiger partial charge in [-0.2, -0.15) is 11.8 Å². The van der Waals surface area contributed by atoms with E-state index >= 15 is 0 Å². The SMILES string of the molecule is CC1(C(N)c2cnnn2-c2ccccc2)CCCS1. The van der Waals surface area contributed by atoms with Crippen molar-refractivity contribution < 1.29 is 0 Å². The van der Waals surface area contributed by atoms with Gasteiger partial charge in [0.2, 0.25) is 0 Å². The van der Waals surface area contributed by atoms with Gasteiger partial charge in [-0.05, 0) is 37.7 Å². The average molecular weight is 274 g/mol. The maximum Gasteiger partial charge on any atom is 0.0827 e. The molecule has 0 radical (unpaired) electrons. The van der Waals surface area contributed by atoms with E-state index in [0.29, 0.717) is 0 Å². The van der Waals surface area contributed by atoms with Crippen LogP contribution in [0.1, 0.15) is 31.5 Å². The van der Waals surface area contributed by atoms with Crippen molar-refractivity contribution >= 4 is 11.8 Å². The van der Waals surface area contributed by atoms with Crippen LogP contribution in [0.5, 0.6) is 0 Å². The Kier molecular flexibility index (Phi) is 3.33. The lowest BCUT2D eigenvalue weighted by molar-refractivity contribution is 0.482. The third kappa shape index (κ3) is 2.28. The molecule has 3 rings (SSSR count). The van der Waals surface area contributed by atoms with Gasteiger partial charge in [-0.1, -0.05) is 23.4 Å². The summed E-state index contributed by atoms with van der Waals surface area (Å²) in [4.78, 5) is 0. The number of rotatable bonds is 3. The fourth-order valence-electron chi connectivity index (χ4n) is 2.58. The lowest BCUT2D eigenvalue weighted by atomic mass is 9.94. The quantitative estimate of drug-likeness (QED) is 0.934. The molecule has 1 fully saturated rings. The van der Waals surface area contributed by atoms with E-state index in [0.717, 1.165) is 17.8 Å². The van der Waals surface area contributed by atoms with Gasteiger partial charge in [0.15, 0.2) is 0 Å². The number of para-hydroxylation sites is 1. The molecule has 1 saturated heterocycles. The number of thioether (sulfide) groups is 1. The first kappa shape index (κ1) is 12.7. The van der Waals surface area contributed by atoms with E-state index in [1.807, 2.05) is 46.8 Å². The van der Waals surface area contributed by atoms with Gasteiger partial charge in [0.25, 0.3) is 0 Å². The van der Waals surface area contributed by atoms with Crippen molar-refractivity contribution in [1.82, 2.24) is 15.0 Å². The first-order valence-corrected chi connectivity index (χ1v) is 7.55. The highest BCUT2D eigenvalue weighted by Gasteiger charge is 2.38. The third-order valence-corrected chi connectivity index (χ3v) is 5.41. The van der Waals surface area contributed by atoms with Crippen molar-refractivity contribution in [3.63, 3.8) is 0 Å². The monoisotopic (exact) mass is 274 g/mol. The predicted molar refractivity (Wildman–Crippen MR) is 78.4 cm³/mol. The molecule has 0 aliphatic carbocycles. The Morgan fingerprint density at radius 1 is 1.37 bits per heavy atom. The Morgan fingerprint density at radius 2 is 2.16 bits per heavy atom. The molecule has 2 unspecified atom stereocenters. The fourth-order valence-corrected chi connectivity index (χ4v) is 3.93. The summed E-state index contributed by atoms with van der Waals surface area (Å²) < 4.78 is 1.95. The molecule has 2 N–H and O–H groups in total. The molecule has 1 aliphatic heterocycles. The van der Waals surface area contributed by atoms with Gasteiger partial charge in [-0.25, -0.2) is 4.68 Å². The Labute approximate surface area is 117 Å². The standard InChI is InChI=1S/C14H18N4S/c1-14(8-5-9-19-14)13(15)12-10-16-17-18(12)11-6-3-2-4-7-11/h2-4,6-7,10,13H,5,8-9,15H2,1H3. The maximum atomic E-state index is 6.50. The Bertz CT molecular complexity index is 546. The summed E-state index contributed by atoms with van der Waals surface area (Å²) >= 11 is 1.96. The van der Waals surface area contributed by atoms with Crippen LogP contribution in [-0.4, -0.2) is 25.5 Å². The smallest absolute Gasteiger partial charge is 0.0827 e. The van der Waals surface area contributed by atoms with Crippen molar-refractivity contribution in [1.29, 1.82) is 0 Å². The zero-order valence-corrected chi connectivity index (χ0v) is 11.8. The topological polar surface area (TPSA) is 56.7 Å². The number of aromatic nitrogens is 3. The highest BCUT2D eigenvalue weighted by molar-refractivity contribution is 8.00. The van der Waals surface area contributed by atoms with E-state index in [4.69, 9.17) is 5.73 Å². The zero-order valence-electron chi connectivity index (χ0n) is 11.0. The van der Waals surface area contributed by atoms with Crippen LogP contribution in [0.15, 0.2) is 36.5 Å². The van der Waals surface area contributed by atoms with Crippen molar-refractivity contribution in [3.05, 3.63) is 42.2 Å². The molecule has 100 valence electrons. The second-order valence-electron chi connectivity index (χ2n) is 5.15. The molecule has 0 bridgehead atoms. The molecule has 1 aliphatic rings. The number of benzene rings is 1. The second-order valence-corrected chi connectivity index (χ2v) is 6.78. The van der Waals surface area contributed by atoms with Gasteiger partial charge >= 0.3 is 0 Å². The minimum Gasteiger partial charge on any atom is -0.321 e. The Morgan fingerprint density at radius 3 is 2.84 bits per heavy atom. The van der Waals surface area contributed by atoms with Crippen LogP contribution >= 0.6 is 11.8 Å². The van der Waals surface area contributed by atoms with Crippen LogP contribution in [0.2, 0.25) is 0 Å². The summed E-state index contributed by atoms with van der Waals surface area (Å²) in [6.45, 7) is 2.25. The normalized spacial score (nSPS) is 24.5. The van der Waals surface area contributed by atoms with E-state index < -0.39 is 0 Å². The van der Waals surface area contributed by atoms with Crippen LogP contribution in [0.25, 0.3) is 5.69 Å². The van der Waals surface area contributed by atoms with Gasteiger partial charge in [-0.3, -0.25) is 0 Å². The van der Waals surface area contributed by atoms with Crippen LogP contribution < -0.4 is 5.73 Å². The Balaban J connectivity index is 1.96. The largest absolute Gasteiger partial charge is 0.321 e. The van der Waals surface area contributed by atoms with Gasteiger partial charge in [0, 0.05) is 4.75 Å². The minimum absolute atomic E-state index is 0.0461. The molecule has 0 saturated carbocycles. The molecule has 1 aromatic heterocycles. The molecular formula is C14H18N4S. The van der Waals surface area contributed by atoms with Crippen LogP contribution in [-0.2, 0) is 0 Å². The van der Waals surface area contributed by atoms with Gasteiger partial charge in [0.05, 0.1) is 23.6 Å². The van der Waals surface area contributed by atoms with Gasteiger partial charge in [-0.15, -0.1) is 5.10 Å². The van der Waals surface area contributed by atoms with Crippen LogP contribution in [0, 0.1) is 0 Å². The number of hydrogen-bond acceptors (Lipinski definition) is 4. The van der Waals surface area contributed by atoms with Crippen molar-refractivity contribution in [3.8, 4) is 5.69 Å². The van der Waals surface area contributed by atoms with E-state index in [2.05, 4.69) is 17.2 Å². The van der Waals surface area contributed by atoms with Crippen molar-refractivity contribution in [2.45, 2.75) is 30.6 Å². The summed E-state index contributed by atoms with van der Waals surface area (Å²) in [7, 11) is 0. The Hall–Kier alpha value is -1.33. The second kappa shape index (κ2) is 4.98. The van der Waals surface area contributed by atoms with Crippen molar-refractivity contribution in [2.24, 2.45) is 5.73 Å². The molecule has 2 aromatic rings. The molecule has 2 heterocycles. The number of nitrogens with zero attached hydrogens (tertiary/aromatic N) is 3. The molecule has 0 spiro atoms. The first-order chi connectivity index (χ1) is 9.21. The lowest BCUT2D eigenvalue weighted by Crippen LogP contribution is -2.34. The predicted octanol–water partition coefficient (Wildman–Crippen LogP) is 2.55. The molecule has 1 aromatic carbocycles. The number of hydrogen-bond donors (Lipinski definition) is 1. The molecule has 0 amide bonds. The lowest BCUT2D eigenvalue weighted by Gasteiger charge is -2.30. The molecular weight excluding hydrogens is 256 g/mol. The number of nitrogens with two attached hydrogens (primary N) is 1. The summed E-state index contributed by atoms with van der Waals surface area (Å²) in [5.74, 6) is 1.19. The summed E-state index contributed by atoms with van der Waals surface area (Å²) in [6.07, 6.45) is 4.18. The third-order valence-electron chi connectivity index (χ3n) is 3.80. The highest BCUT2D eigenvalue weighted by Crippen LogP contribution is 2.45. The van der Waals surface area contributed by atoms with E-state index in [1.54, 1.807) is 6.20 Å². The average Bonchev–Trinajstić information content (AvgIpc) is 3.08. The molecule has 4 nitrogen and oxygen atoms in total. The summed E-state index contributed by atoms with van der Waals surface area (Å²) in [5, 5.41) is 8.23. The minimum atomic E-state index is -0.0461. The van der Waals surface area contributed by atoms with E-state index in [9.17, 15) is 0 Å². The summed E-state index contributed by atoms with van der Waals surface area (Å²) in [5.41, 5.74) is 8.50. The van der Waals surface area contributed by atoms with Gasteiger partial charge in [0.1, 0.15) is 0 Å². The van der Waals surface area contributed by atoms with Crippen LogP contribution in [0.4, 0.5) is 0 Å². The fraction of sp³-hybridized carbons (Fsp3) is 0.429. The molecule has 2 atom stereocenters. The van der Waals surface area contributed by atoms with E-state index in [1.165, 1.54) is 12.2 Å². The first-order valence-electron chi connectivity index (χ1n) is 6.56. The van der Waals surface area contributed by atoms with Gasteiger partial charge < -0.3 is 5.73 Å². The van der Waals surface area contributed by atoms with Crippen molar-refractivity contribution in [2.75, 3.05) is 5.75 Å². The molecule has 19 heavy (non-hydrogen) atoms. The molecule has 5 heteroatoms. The zero-order chi connectivity index (χ0) is 13.3. The van der Waals surface area contributed by atoms with Crippen LogP contribution in [0.3, 0.4) is 0 Å². The maximum absolute atomic E-state index is 6.50.